The molecular weight excluding hydrogens is 643 g/mol. The van der Waals surface area contributed by atoms with Gasteiger partial charge in [0.15, 0.2) is 0 Å². The Morgan fingerprint density at radius 1 is 0.579 bits per heavy atom. The van der Waals surface area contributed by atoms with Crippen molar-refractivity contribution in [1.82, 2.24) is 0 Å². The molecule has 2 unspecified atom stereocenters. The molecule has 0 saturated carbocycles. The molecule has 0 aromatic heterocycles. The van der Waals surface area contributed by atoms with Crippen LogP contribution in [-0.4, -0.2) is 12.1 Å². The molecule has 0 nitrogen and oxygen atoms in total. The van der Waals surface area contributed by atoms with E-state index in [1.807, 2.05) is 0 Å². The summed E-state index contributed by atoms with van der Waals surface area (Å²) >= 11 is -2.96. The molecular formula is C34H48Cl2GeZr. The Kier molecular flexibility index (Phi) is 10.0. The van der Waals surface area contributed by atoms with Crippen LogP contribution in [0.2, 0.25) is 0 Å². The molecule has 0 spiro atoms. The van der Waals surface area contributed by atoms with Crippen LogP contribution in [-0.2, 0) is 15.7 Å². The summed E-state index contributed by atoms with van der Waals surface area (Å²) < 4.78 is 6.84. The van der Waals surface area contributed by atoms with Crippen LogP contribution in [0.25, 0.3) is 0 Å². The van der Waals surface area contributed by atoms with Crippen LogP contribution in [0.1, 0.15) is 69.2 Å². The Morgan fingerprint density at radius 3 is 1.11 bits per heavy atom. The van der Waals surface area contributed by atoms with Crippen molar-refractivity contribution in [2.45, 2.75) is 69.2 Å². The molecule has 4 rings (SSSR count). The van der Waals surface area contributed by atoms with Crippen molar-refractivity contribution in [3.63, 3.8) is 0 Å². The van der Waals surface area contributed by atoms with Crippen LogP contribution in [0, 0.1) is 22.7 Å². The summed E-state index contributed by atoms with van der Waals surface area (Å²) in [6, 6.07) is 23.5. The Labute approximate surface area is 250 Å². The van der Waals surface area contributed by atoms with Crippen molar-refractivity contribution in [3.8, 4) is 0 Å². The van der Waals surface area contributed by atoms with E-state index < -0.39 is 15.7 Å². The van der Waals surface area contributed by atoms with E-state index in [0.717, 1.165) is 0 Å². The van der Waals surface area contributed by atoms with Crippen LogP contribution in [0.3, 0.4) is 0 Å². The SMILES string of the molecule is CC1=[C]([Zr](=[GeH2])([C]2=C(C)C(C(C)(C)C)=CC2C)([c]2ccccc2)[c]2ccccc2)C(C)C=C1C(C)(C)C.Cl.Cl. The van der Waals surface area contributed by atoms with E-state index >= 15 is 0 Å². The zero-order valence-corrected chi connectivity index (χ0v) is 32.2. The molecule has 0 fully saturated rings. The van der Waals surface area contributed by atoms with Crippen LogP contribution < -0.4 is 6.54 Å². The van der Waals surface area contributed by atoms with Crippen molar-refractivity contribution >= 4 is 43.5 Å². The summed E-state index contributed by atoms with van der Waals surface area (Å²) in [6.07, 6.45) is 5.24. The van der Waals surface area contributed by atoms with Gasteiger partial charge in [-0.3, -0.25) is 0 Å². The Bertz CT molecular complexity index is 1270. The van der Waals surface area contributed by atoms with Crippen molar-refractivity contribution in [2.24, 2.45) is 22.7 Å². The van der Waals surface area contributed by atoms with Gasteiger partial charge in [-0.15, -0.1) is 24.8 Å². The molecule has 2 aromatic carbocycles. The predicted octanol–water partition coefficient (Wildman–Crippen LogP) is 8.51. The maximum absolute atomic E-state index is 4.27. The average molecular weight is 691 g/mol. The average Bonchev–Trinajstić information content (AvgIpc) is 3.30. The van der Waals surface area contributed by atoms with Gasteiger partial charge < -0.3 is 0 Å². The molecule has 2 aromatic rings. The summed E-state index contributed by atoms with van der Waals surface area (Å²) in [7, 11) is 0. The normalized spacial score (nSPS) is 20.6. The van der Waals surface area contributed by atoms with E-state index in [1.54, 1.807) is 35.4 Å². The molecule has 38 heavy (non-hydrogen) atoms. The third-order valence-corrected chi connectivity index (χ3v) is 46.4. The first-order valence-corrected chi connectivity index (χ1v) is 29.1. The standard InChI is InChI=1S/2C11H17.2C6H5.2ClH.GeH2.Zr/c2*1-8-6-9(2)10(7-8)11(3,4)5;2*1-2-4-6-5-3-1;;;;/h2*7-8H,1-5H3;2*1-5H;2*1H;1H2;. The summed E-state index contributed by atoms with van der Waals surface area (Å²) in [5, 5.41) is 0. The number of benzene rings is 2. The van der Waals surface area contributed by atoms with E-state index in [2.05, 4.69) is 142 Å². The van der Waals surface area contributed by atoms with Gasteiger partial charge in [0.1, 0.15) is 0 Å². The smallest absolute Gasteiger partial charge is 0.147 e. The van der Waals surface area contributed by atoms with Crippen molar-refractivity contribution < 1.29 is 15.7 Å². The fraction of sp³-hybridized carbons (Fsp3) is 0.412. The van der Waals surface area contributed by atoms with Gasteiger partial charge in [0.2, 0.25) is 0 Å². The van der Waals surface area contributed by atoms with Crippen LogP contribution >= 0.6 is 24.8 Å². The molecule has 206 valence electrons. The Balaban J connectivity index is 0.00000253. The molecule has 0 radical (unpaired) electrons. The Hall–Kier alpha value is -0.594. The van der Waals surface area contributed by atoms with Crippen molar-refractivity contribution in [3.05, 3.63) is 102 Å². The molecule has 2 atom stereocenters. The van der Waals surface area contributed by atoms with Gasteiger partial charge in [-0.1, -0.05) is 0 Å². The quantitative estimate of drug-likeness (QED) is 0.282. The minimum absolute atomic E-state index is 0. The van der Waals surface area contributed by atoms with Gasteiger partial charge in [-0.25, -0.2) is 0 Å². The monoisotopic (exact) mass is 690 g/mol. The number of allylic oxidation sites excluding steroid dienone is 8. The van der Waals surface area contributed by atoms with E-state index in [1.165, 1.54) is 12.1 Å². The van der Waals surface area contributed by atoms with Gasteiger partial charge in [0, 0.05) is 0 Å². The molecule has 2 aliphatic rings. The number of rotatable bonds is 4. The largest absolute Gasteiger partial charge is 0.147 e. The molecule has 0 bridgehead atoms. The summed E-state index contributed by atoms with van der Waals surface area (Å²) in [4.78, 5) is 0. The Morgan fingerprint density at radius 2 is 0.868 bits per heavy atom. The second-order valence-electron chi connectivity index (χ2n) is 13.5. The van der Waals surface area contributed by atoms with Crippen molar-refractivity contribution in [1.29, 1.82) is 0 Å². The first-order chi connectivity index (χ1) is 16.6. The number of halogens is 2. The second-order valence-corrected chi connectivity index (χ2v) is 43.7. The fourth-order valence-corrected chi connectivity index (χ4v) is 47.6. The van der Waals surface area contributed by atoms with Gasteiger partial charge >= 0.3 is 228 Å². The molecule has 2 aliphatic carbocycles. The summed E-state index contributed by atoms with van der Waals surface area (Å²) in [6.45, 7) is 24.2. The van der Waals surface area contributed by atoms with Gasteiger partial charge in [-0.05, 0) is 0 Å². The van der Waals surface area contributed by atoms with E-state index in [0.29, 0.717) is 11.8 Å². The van der Waals surface area contributed by atoms with Crippen LogP contribution in [0.5, 0.6) is 0 Å². The number of hydrogen-bond donors (Lipinski definition) is 0. The molecule has 4 heteroatoms. The summed E-state index contributed by atoms with van der Waals surface area (Å²) in [5.41, 5.74) is 6.55. The maximum Gasteiger partial charge on any atom is -0.147 e. The fourth-order valence-electron chi connectivity index (χ4n) is 7.89. The van der Waals surface area contributed by atoms with Gasteiger partial charge in [0.25, 0.3) is 0 Å². The zero-order chi connectivity index (χ0) is 26.7. The topological polar surface area (TPSA) is 0 Å². The molecule has 0 saturated heterocycles. The zero-order valence-electron chi connectivity index (χ0n) is 25.1. The number of hydrogen-bond acceptors (Lipinski definition) is 0. The van der Waals surface area contributed by atoms with E-state index in [9.17, 15) is 0 Å². The van der Waals surface area contributed by atoms with Gasteiger partial charge in [0.05, 0.1) is 0 Å². The van der Waals surface area contributed by atoms with Crippen molar-refractivity contribution in [2.75, 3.05) is 0 Å². The molecule has 0 aliphatic heterocycles. The minimum Gasteiger partial charge on any atom is -0.147 e. The van der Waals surface area contributed by atoms with E-state index in [-0.39, 0.29) is 35.6 Å². The van der Waals surface area contributed by atoms with E-state index in [4.69, 9.17) is 0 Å². The third kappa shape index (κ3) is 5.02. The van der Waals surface area contributed by atoms with Crippen LogP contribution in [0.15, 0.2) is 102 Å². The first kappa shape index (κ1) is 33.6. The summed E-state index contributed by atoms with van der Waals surface area (Å²) in [5.74, 6) is 0.899. The third-order valence-electron chi connectivity index (χ3n) is 8.99. The first-order valence-electron chi connectivity index (χ1n) is 13.7. The predicted molar refractivity (Wildman–Crippen MR) is 174 cm³/mol. The maximum atomic E-state index is 2.62. The second kappa shape index (κ2) is 11.4. The van der Waals surface area contributed by atoms with Crippen LogP contribution in [0.4, 0.5) is 0 Å². The van der Waals surface area contributed by atoms with Gasteiger partial charge in [-0.2, -0.15) is 0 Å². The molecule has 0 heterocycles. The molecule has 0 N–H and O–H groups in total. The molecule has 0 amide bonds. The minimum atomic E-state index is -4.27.